The molecule has 1 rings (SSSR count). The quantitative estimate of drug-likeness (QED) is 0.439. The van der Waals surface area contributed by atoms with Crippen LogP contribution in [0.15, 0.2) is 4.99 Å². The molecule has 0 aliphatic carbocycles. The molecule has 18 heavy (non-hydrogen) atoms. The van der Waals surface area contributed by atoms with Crippen LogP contribution in [0.2, 0.25) is 0 Å². The second-order valence-corrected chi connectivity index (χ2v) is 6.46. The Morgan fingerprint density at radius 2 is 1.44 bits per heavy atom. The fourth-order valence-corrected chi connectivity index (χ4v) is 1.58. The van der Waals surface area contributed by atoms with Crippen LogP contribution in [0.1, 0.15) is 55.4 Å². The molecule has 5 heteroatoms. The fraction of sp³-hybridized carbons (Fsp3) is 0.923. The van der Waals surface area contributed by atoms with Crippen molar-refractivity contribution >= 4 is 13.6 Å². The van der Waals surface area contributed by atoms with Gasteiger partial charge in [0.05, 0.1) is 17.5 Å². The molecule has 0 aromatic carbocycles. The molecule has 0 aromatic rings. The van der Waals surface area contributed by atoms with E-state index in [2.05, 4.69) is 60.4 Å². The highest BCUT2D eigenvalue weighted by Gasteiger charge is 2.54. The van der Waals surface area contributed by atoms with Crippen LogP contribution in [-0.2, 0) is 9.31 Å². The average Bonchev–Trinajstić information content (AvgIpc) is 2.34. The number of hydrogen-bond donors (Lipinski definition) is 0. The first-order chi connectivity index (χ1) is 8.07. The molecule has 4 nitrogen and oxygen atoms in total. The zero-order valence-electron chi connectivity index (χ0n) is 13.0. The number of rotatable bonds is 4. The van der Waals surface area contributed by atoms with E-state index < -0.39 is 0 Å². The second kappa shape index (κ2) is 5.21. The van der Waals surface area contributed by atoms with Crippen LogP contribution in [0.25, 0.3) is 0 Å². The van der Waals surface area contributed by atoms with Gasteiger partial charge in [0.25, 0.3) is 0 Å². The molecule has 0 bridgehead atoms. The molecule has 1 fully saturated rings. The Balaban J connectivity index is 2.85. The standard InChI is InChI=1S/C13H27BN2O2/c1-10(2)15-9-16(11(3)4)14-17-12(5,6)13(7,8)18-14/h9-11H,1-8H3. The average molecular weight is 254 g/mol. The van der Waals surface area contributed by atoms with Crippen molar-refractivity contribution in [1.82, 2.24) is 4.81 Å². The monoisotopic (exact) mass is 254 g/mol. The Morgan fingerprint density at radius 3 is 1.78 bits per heavy atom. The van der Waals surface area contributed by atoms with E-state index in [-0.39, 0.29) is 30.5 Å². The molecule has 1 aliphatic heterocycles. The minimum absolute atomic E-state index is 0.272. The van der Waals surface area contributed by atoms with E-state index in [4.69, 9.17) is 9.31 Å². The topological polar surface area (TPSA) is 34.1 Å². The lowest BCUT2D eigenvalue weighted by molar-refractivity contribution is 0.00578. The second-order valence-electron chi connectivity index (χ2n) is 6.46. The maximum absolute atomic E-state index is 6.03. The summed E-state index contributed by atoms with van der Waals surface area (Å²) in [7, 11) is -0.363. The zero-order chi connectivity index (χ0) is 14.1. The largest absolute Gasteiger partial charge is 0.595 e. The highest BCUT2D eigenvalue weighted by atomic mass is 16.7. The van der Waals surface area contributed by atoms with E-state index in [0.29, 0.717) is 0 Å². The summed E-state index contributed by atoms with van der Waals surface area (Å²) in [6.45, 7) is 16.6. The highest BCUT2D eigenvalue weighted by Crippen LogP contribution is 2.37. The molecule has 0 aromatic heterocycles. The molecule has 0 N–H and O–H groups in total. The van der Waals surface area contributed by atoms with Gasteiger partial charge in [-0.2, -0.15) is 0 Å². The summed E-state index contributed by atoms with van der Waals surface area (Å²) in [4.78, 5) is 6.45. The Kier molecular flexibility index (Phi) is 4.49. The summed E-state index contributed by atoms with van der Waals surface area (Å²) in [6.07, 6.45) is 1.84. The summed E-state index contributed by atoms with van der Waals surface area (Å²) in [5, 5.41) is 0. The number of nitrogens with zero attached hydrogens (tertiary/aromatic N) is 2. The molecule has 0 unspecified atom stereocenters. The van der Waals surface area contributed by atoms with E-state index in [1.54, 1.807) is 0 Å². The van der Waals surface area contributed by atoms with Gasteiger partial charge in [0.1, 0.15) is 0 Å². The fourth-order valence-electron chi connectivity index (χ4n) is 1.58. The number of aliphatic imine (C=N–C) groups is 1. The van der Waals surface area contributed by atoms with Crippen molar-refractivity contribution in [2.24, 2.45) is 4.99 Å². The van der Waals surface area contributed by atoms with Crippen molar-refractivity contribution < 1.29 is 9.31 Å². The summed E-state index contributed by atoms with van der Waals surface area (Å²) >= 11 is 0. The first-order valence-corrected chi connectivity index (χ1v) is 6.73. The van der Waals surface area contributed by atoms with Crippen molar-refractivity contribution in [2.45, 2.75) is 78.7 Å². The maximum Gasteiger partial charge on any atom is 0.595 e. The van der Waals surface area contributed by atoms with Gasteiger partial charge in [0, 0.05) is 12.1 Å². The molecule has 1 saturated heterocycles. The van der Waals surface area contributed by atoms with Gasteiger partial charge in [-0.3, -0.25) is 4.99 Å². The van der Waals surface area contributed by atoms with Gasteiger partial charge in [0.2, 0.25) is 0 Å². The van der Waals surface area contributed by atoms with Crippen molar-refractivity contribution in [3.63, 3.8) is 0 Å². The van der Waals surface area contributed by atoms with E-state index in [1.807, 2.05) is 11.1 Å². The Hall–Kier alpha value is -0.545. The van der Waals surface area contributed by atoms with Gasteiger partial charge < -0.3 is 14.1 Å². The lowest BCUT2D eigenvalue weighted by Crippen LogP contribution is -2.45. The molecular weight excluding hydrogens is 227 g/mol. The van der Waals surface area contributed by atoms with Crippen LogP contribution in [0.3, 0.4) is 0 Å². The molecule has 0 spiro atoms. The van der Waals surface area contributed by atoms with Crippen molar-refractivity contribution in [3.05, 3.63) is 0 Å². The third-order valence-corrected chi connectivity index (χ3v) is 3.58. The lowest BCUT2D eigenvalue weighted by atomic mass is 9.90. The Morgan fingerprint density at radius 1 is 1.00 bits per heavy atom. The predicted molar refractivity (Wildman–Crippen MR) is 76.7 cm³/mol. The third-order valence-electron chi connectivity index (χ3n) is 3.58. The molecule has 0 radical (unpaired) electrons. The first-order valence-electron chi connectivity index (χ1n) is 6.73. The minimum atomic E-state index is -0.363. The third kappa shape index (κ3) is 3.26. The van der Waals surface area contributed by atoms with E-state index in [1.165, 1.54) is 0 Å². The molecule has 1 heterocycles. The van der Waals surface area contributed by atoms with Crippen LogP contribution >= 0.6 is 0 Å². The zero-order valence-corrected chi connectivity index (χ0v) is 13.0. The summed E-state index contributed by atoms with van der Waals surface area (Å²) in [5.74, 6) is 0. The van der Waals surface area contributed by atoms with Gasteiger partial charge in [-0.1, -0.05) is 0 Å². The van der Waals surface area contributed by atoms with Gasteiger partial charge in [-0.05, 0) is 55.4 Å². The van der Waals surface area contributed by atoms with Crippen LogP contribution in [-0.4, -0.2) is 41.7 Å². The molecule has 1 aliphatic rings. The van der Waals surface area contributed by atoms with Crippen molar-refractivity contribution in [3.8, 4) is 0 Å². The van der Waals surface area contributed by atoms with Crippen LogP contribution in [0.5, 0.6) is 0 Å². The number of hydrogen-bond acceptors (Lipinski definition) is 3. The van der Waals surface area contributed by atoms with Gasteiger partial charge in [-0.25, -0.2) is 0 Å². The van der Waals surface area contributed by atoms with Crippen LogP contribution in [0, 0.1) is 0 Å². The van der Waals surface area contributed by atoms with Gasteiger partial charge in [0.15, 0.2) is 0 Å². The highest BCUT2D eigenvalue weighted by molar-refractivity contribution is 6.45. The predicted octanol–water partition coefficient (Wildman–Crippen LogP) is 2.72. The summed E-state index contributed by atoms with van der Waals surface area (Å²) < 4.78 is 12.1. The van der Waals surface area contributed by atoms with Crippen LogP contribution in [0.4, 0.5) is 0 Å². The van der Waals surface area contributed by atoms with Gasteiger partial charge >= 0.3 is 7.25 Å². The van der Waals surface area contributed by atoms with E-state index >= 15 is 0 Å². The molecule has 0 atom stereocenters. The van der Waals surface area contributed by atoms with Crippen molar-refractivity contribution in [2.75, 3.05) is 0 Å². The normalized spacial score (nSPS) is 22.4. The molecule has 0 saturated carbocycles. The molecule has 0 amide bonds. The Bertz CT molecular complexity index is 298. The SMILES string of the molecule is CC(C)N=CN(B1OC(C)(C)C(C)(C)O1)C(C)C. The minimum Gasteiger partial charge on any atom is -0.384 e. The molecular formula is C13H27BN2O2. The Labute approximate surface area is 112 Å². The first kappa shape index (κ1) is 15.5. The summed E-state index contributed by atoms with van der Waals surface area (Å²) in [5.41, 5.74) is -0.618. The maximum atomic E-state index is 6.03. The van der Waals surface area contributed by atoms with Crippen LogP contribution < -0.4 is 0 Å². The smallest absolute Gasteiger partial charge is 0.384 e. The molecule has 104 valence electrons. The van der Waals surface area contributed by atoms with E-state index in [9.17, 15) is 0 Å². The van der Waals surface area contributed by atoms with Gasteiger partial charge in [-0.15, -0.1) is 0 Å². The lowest BCUT2D eigenvalue weighted by Gasteiger charge is -2.32. The van der Waals surface area contributed by atoms with E-state index in [0.717, 1.165) is 0 Å². The van der Waals surface area contributed by atoms with Crippen molar-refractivity contribution in [1.29, 1.82) is 0 Å². The summed E-state index contributed by atoms with van der Waals surface area (Å²) in [6, 6.07) is 0.552.